The Hall–Kier alpha value is -1.82. The predicted molar refractivity (Wildman–Crippen MR) is 59.5 cm³/mol. The van der Waals surface area contributed by atoms with Crippen LogP contribution in [0.2, 0.25) is 0 Å². The minimum absolute atomic E-state index is 0.272. The van der Waals surface area contributed by atoms with Crippen LogP contribution < -0.4 is 5.73 Å². The molecule has 1 atom stereocenters. The Bertz CT molecular complexity index is 546. The molecule has 18 heavy (non-hydrogen) atoms. The zero-order valence-corrected chi connectivity index (χ0v) is 9.53. The standard InChI is InChI=1S/C12H11F3N2O/c1-7(16)10-6-11(18-17-10)8-3-2-4-9(5-8)12(13,14)15/h2-7H,16H2,1H3. The highest BCUT2D eigenvalue weighted by atomic mass is 19.4. The first kappa shape index (κ1) is 12.6. The largest absolute Gasteiger partial charge is 0.416 e. The summed E-state index contributed by atoms with van der Waals surface area (Å²) in [6.07, 6.45) is -4.37. The highest BCUT2D eigenvalue weighted by Gasteiger charge is 2.30. The molecule has 0 bridgehead atoms. The van der Waals surface area contributed by atoms with E-state index in [4.69, 9.17) is 10.3 Å². The van der Waals surface area contributed by atoms with Gasteiger partial charge in [0.1, 0.15) is 5.69 Å². The molecule has 0 spiro atoms. The van der Waals surface area contributed by atoms with Gasteiger partial charge in [-0.05, 0) is 19.1 Å². The molecule has 1 aromatic carbocycles. The number of nitrogens with zero attached hydrogens (tertiary/aromatic N) is 1. The maximum atomic E-state index is 12.6. The molecule has 3 nitrogen and oxygen atoms in total. The molecule has 0 amide bonds. The summed E-state index contributed by atoms with van der Waals surface area (Å²) in [5.41, 5.74) is 5.70. The smallest absolute Gasteiger partial charge is 0.356 e. The fourth-order valence-electron chi connectivity index (χ4n) is 1.49. The van der Waals surface area contributed by atoms with Crippen LogP contribution in [0.25, 0.3) is 11.3 Å². The quantitative estimate of drug-likeness (QED) is 0.896. The Morgan fingerprint density at radius 3 is 2.56 bits per heavy atom. The Balaban J connectivity index is 2.38. The average Bonchev–Trinajstić information content (AvgIpc) is 2.77. The summed E-state index contributed by atoms with van der Waals surface area (Å²) >= 11 is 0. The van der Waals surface area contributed by atoms with E-state index in [1.165, 1.54) is 12.1 Å². The third-order valence-corrected chi connectivity index (χ3v) is 2.47. The van der Waals surface area contributed by atoms with Crippen LogP contribution in [0.3, 0.4) is 0 Å². The highest BCUT2D eigenvalue weighted by Crippen LogP contribution is 2.32. The number of hydrogen-bond donors (Lipinski definition) is 1. The molecule has 6 heteroatoms. The molecule has 0 saturated heterocycles. The molecular formula is C12H11F3N2O. The molecule has 0 aliphatic rings. The van der Waals surface area contributed by atoms with Crippen LogP contribution in [0, 0.1) is 0 Å². The van der Waals surface area contributed by atoms with Crippen LogP contribution >= 0.6 is 0 Å². The normalized spacial score (nSPS) is 13.6. The van der Waals surface area contributed by atoms with E-state index in [-0.39, 0.29) is 11.8 Å². The van der Waals surface area contributed by atoms with Gasteiger partial charge in [-0.15, -0.1) is 0 Å². The maximum Gasteiger partial charge on any atom is 0.416 e. The van der Waals surface area contributed by atoms with Gasteiger partial charge < -0.3 is 10.3 Å². The lowest BCUT2D eigenvalue weighted by Crippen LogP contribution is -2.04. The average molecular weight is 256 g/mol. The van der Waals surface area contributed by atoms with E-state index in [0.717, 1.165) is 12.1 Å². The predicted octanol–water partition coefficient (Wildman–Crippen LogP) is 3.38. The number of hydrogen-bond acceptors (Lipinski definition) is 3. The third kappa shape index (κ3) is 2.53. The number of aromatic nitrogens is 1. The lowest BCUT2D eigenvalue weighted by atomic mass is 10.1. The van der Waals surface area contributed by atoms with Gasteiger partial charge in [-0.1, -0.05) is 17.3 Å². The van der Waals surface area contributed by atoms with Gasteiger partial charge in [-0.2, -0.15) is 13.2 Å². The van der Waals surface area contributed by atoms with Gasteiger partial charge in [0.25, 0.3) is 0 Å². The van der Waals surface area contributed by atoms with Crippen LogP contribution in [0.1, 0.15) is 24.2 Å². The second-order valence-electron chi connectivity index (χ2n) is 3.98. The topological polar surface area (TPSA) is 52.0 Å². The van der Waals surface area contributed by atoms with Crippen LogP contribution in [0.15, 0.2) is 34.9 Å². The summed E-state index contributed by atoms with van der Waals surface area (Å²) in [5.74, 6) is 0.272. The summed E-state index contributed by atoms with van der Waals surface area (Å²) in [4.78, 5) is 0. The molecule has 1 aromatic heterocycles. The molecule has 1 heterocycles. The van der Waals surface area contributed by atoms with Crippen molar-refractivity contribution in [2.75, 3.05) is 0 Å². The van der Waals surface area contributed by atoms with Crippen molar-refractivity contribution in [3.05, 3.63) is 41.6 Å². The van der Waals surface area contributed by atoms with Crippen molar-refractivity contribution in [3.8, 4) is 11.3 Å². The van der Waals surface area contributed by atoms with E-state index >= 15 is 0 Å². The van der Waals surface area contributed by atoms with E-state index in [0.29, 0.717) is 11.3 Å². The van der Waals surface area contributed by atoms with E-state index in [1.807, 2.05) is 0 Å². The first-order valence-corrected chi connectivity index (χ1v) is 5.28. The molecule has 96 valence electrons. The molecule has 2 rings (SSSR count). The lowest BCUT2D eigenvalue weighted by molar-refractivity contribution is -0.137. The van der Waals surface area contributed by atoms with Crippen molar-refractivity contribution in [3.63, 3.8) is 0 Å². The number of rotatable bonds is 2. The second-order valence-corrected chi connectivity index (χ2v) is 3.98. The van der Waals surface area contributed by atoms with Crippen LogP contribution in [0.5, 0.6) is 0 Å². The van der Waals surface area contributed by atoms with Crippen LogP contribution in [-0.4, -0.2) is 5.16 Å². The number of nitrogens with two attached hydrogens (primary N) is 1. The van der Waals surface area contributed by atoms with Crippen molar-refractivity contribution in [2.45, 2.75) is 19.1 Å². The van der Waals surface area contributed by atoms with Gasteiger partial charge in [-0.25, -0.2) is 0 Å². The zero-order chi connectivity index (χ0) is 13.3. The Labute approximate surface area is 101 Å². The van der Waals surface area contributed by atoms with Gasteiger partial charge in [0.15, 0.2) is 5.76 Å². The summed E-state index contributed by atoms with van der Waals surface area (Å²) < 4.78 is 42.6. The molecule has 1 unspecified atom stereocenters. The van der Waals surface area contributed by atoms with Crippen molar-refractivity contribution in [1.29, 1.82) is 0 Å². The molecule has 2 N–H and O–H groups in total. The van der Waals surface area contributed by atoms with E-state index in [2.05, 4.69) is 5.16 Å². The number of alkyl halides is 3. The fourth-order valence-corrected chi connectivity index (χ4v) is 1.49. The van der Waals surface area contributed by atoms with Crippen molar-refractivity contribution in [1.82, 2.24) is 5.16 Å². The molecule has 0 saturated carbocycles. The first-order chi connectivity index (χ1) is 8.38. The van der Waals surface area contributed by atoms with E-state index in [1.54, 1.807) is 13.0 Å². The van der Waals surface area contributed by atoms with Crippen LogP contribution in [-0.2, 0) is 6.18 Å². The van der Waals surface area contributed by atoms with Gasteiger partial charge in [0, 0.05) is 17.7 Å². The highest BCUT2D eigenvalue weighted by molar-refractivity contribution is 5.58. The maximum absolute atomic E-state index is 12.6. The van der Waals surface area contributed by atoms with Gasteiger partial charge in [0.05, 0.1) is 5.56 Å². The SMILES string of the molecule is CC(N)c1cc(-c2cccc(C(F)(F)F)c2)on1. The number of halogens is 3. The van der Waals surface area contributed by atoms with E-state index < -0.39 is 11.7 Å². The lowest BCUT2D eigenvalue weighted by Gasteiger charge is -2.06. The fraction of sp³-hybridized carbons (Fsp3) is 0.250. The summed E-state index contributed by atoms with van der Waals surface area (Å²) in [5, 5.41) is 3.70. The summed E-state index contributed by atoms with van der Waals surface area (Å²) in [6, 6.07) is 6.10. The first-order valence-electron chi connectivity index (χ1n) is 5.28. The van der Waals surface area contributed by atoms with Crippen LogP contribution in [0.4, 0.5) is 13.2 Å². The van der Waals surface area contributed by atoms with E-state index in [9.17, 15) is 13.2 Å². The molecular weight excluding hydrogens is 245 g/mol. The Morgan fingerprint density at radius 2 is 2.00 bits per heavy atom. The zero-order valence-electron chi connectivity index (χ0n) is 9.53. The molecule has 0 radical (unpaired) electrons. The molecule has 0 fully saturated rings. The van der Waals surface area contributed by atoms with Crippen molar-refractivity contribution < 1.29 is 17.7 Å². The number of benzene rings is 1. The molecule has 2 aromatic rings. The minimum Gasteiger partial charge on any atom is -0.356 e. The summed E-state index contributed by atoms with van der Waals surface area (Å²) in [6.45, 7) is 1.72. The third-order valence-electron chi connectivity index (χ3n) is 2.47. The van der Waals surface area contributed by atoms with Gasteiger partial charge >= 0.3 is 6.18 Å². The van der Waals surface area contributed by atoms with Crippen molar-refractivity contribution in [2.24, 2.45) is 5.73 Å². The summed E-state index contributed by atoms with van der Waals surface area (Å²) in [7, 11) is 0. The van der Waals surface area contributed by atoms with Gasteiger partial charge in [0.2, 0.25) is 0 Å². The van der Waals surface area contributed by atoms with Gasteiger partial charge in [-0.3, -0.25) is 0 Å². The van der Waals surface area contributed by atoms with Crippen molar-refractivity contribution >= 4 is 0 Å². The molecule has 0 aliphatic carbocycles. The Kier molecular flexibility index (Phi) is 3.13. The second kappa shape index (κ2) is 4.45. The molecule has 0 aliphatic heterocycles. The Morgan fingerprint density at radius 1 is 1.28 bits per heavy atom. The minimum atomic E-state index is -4.37. The monoisotopic (exact) mass is 256 g/mol.